The molecule has 0 aromatic heterocycles. The van der Waals surface area contributed by atoms with E-state index >= 15 is 0 Å². The van der Waals surface area contributed by atoms with E-state index in [1.165, 1.54) is 6.08 Å². The van der Waals surface area contributed by atoms with Gasteiger partial charge < -0.3 is 5.73 Å². The molecule has 15 heavy (non-hydrogen) atoms. The van der Waals surface area contributed by atoms with E-state index in [1.807, 2.05) is 12.1 Å². The normalized spacial score (nSPS) is 15.1. The third kappa shape index (κ3) is 1.80. The number of hydrogen-bond donors (Lipinski definition) is 2. The van der Waals surface area contributed by atoms with Crippen molar-refractivity contribution in [2.24, 2.45) is 5.73 Å². The van der Waals surface area contributed by atoms with Gasteiger partial charge in [0.05, 0.1) is 5.57 Å². The monoisotopic (exact) mass is 202 g/mol. The summed E-state index contributed by atoms with van der Waals surface area (Å²) in [6, 6.07) is 7.25. The van der Waals surface area contributed by atoms with Crippen molar-refractivity contribution in [1.29, 1.82) is 0 Å². The van der Waals surface area contributed by atoms with Crippen molar-refractivity contribution in [1.82, 2.24) is 5.32 Å². The van der Waals surface area contributed by atoms with Crippen molar-refractivity contribution in [3.8, 4) is 0 Å². The number of carbonyl (C=O) groups excluding carboxylic acids is 2. The van der Waals surface area contributed by atoms with Gasteiger partial charge in [-0.2, -0.15) is 0 Å². The van der Waals surface area contributed by atoms with E-state index < -0.39 is 0 Å². The van der Waals surface area contributed by atoms with Gasteiger partial charge in [0.1, 0.15) is 0 Å². The number of rotatable bonds is 2. The molecule has 0 atom stereocenters. The van der Waals surface area contributed by atoms with Crippen LogP contribution in [0.1, 0.15) is 11.1 Å². The summed E-state index contributed by atoms with van der Waals surface area (Å²) >= 11 is 0. The number of carbonyl (C=O) groups is 2. The standard InChI is InChI=1S/C11H10N2O2/c12-6-7-1-3-8(4-2-7)9-5-10(14)13-11(9)15/h1-5H,6,12H2,(H,13,14,15). The summed E-state index contributed by atoms with van der Waals surface area (Å²) in [5, 5.41) is 2.20. The molecule has 1 aliphatic rings. The van der Waals surface area contributed by atoms with Crippen molar-refractivity contribution in [2.75, 3.05) is 0 Å². The van der Waals surface area contributed by atoms with Crippen LogP contribution < -0.4 is 11.1 Å². The summed E-state index contributed by atoms with van der Waals surface area (Å²) in [6.45, 7) is 0.463. The first-order valence-corrected chi connectivity index (χ1v) is 4.57. The first-order chi connectivity index (χ1) is 7.20. The van der Waals surface area contributed by atoms with E-state index in [0.717, 1.165) is 11.1 Å². The molecular weight excluding hydrogens is 192 g/mol. The van der Waals surface area contributed by atoms with Gasteiger partial charge in [-0.15, -0.1) is 0 Å². The predicted molar refractivity (Wildman–Crippen MR) is 55.5 cm³/mol. The number of amides is 2. The van der Waals surface area contributed by atoms with Gasteiger partial charge in [0.2, 0.25) is 0 Å². The zero-order valence-corrected chi connectivity index (χ0v) is 7.99. The largest absolute Gasteiger partial charge is 0.326 e. The molecule has 1 aromatic carbocycles. The minimum Gasteiger partial charge on any atom is -0.326 e. The Hall–Kier alpha value is -1.94. The second-order valence-corrected chi connectivity index (χ2v) is 3.28. The Labute approximate surface area is 86.8 Å². The van der Waals surface area contributed by atoms with Gasteiger partial charge in [-0.05, 0) is 11.1 Å². The Morgan fingerprint density at radius 3 is 2.27 bits per heavy atom. The molecule has 4 heteroatoms. The Balaban J connectivity index is 2.34. The summed E-state index contributed by atoms with van der Waals surface area (Å²) in [5.41, 5.74) is 7.58. The summed E-state index contributed by atoms with van der Waals surface area (Å²) < 4.78 is 0. The molecule has 0 saturated carbocycles. The van der Waals surface area contributed by atoms with Gasteiger partial charge in [-0.25, -0.2) is 0 Å². The average Bonchev–Trinajstić information content (AvgIpc) is 2.58. The van der Waals surface area contributed by atoms with Gasteiger partial charge in [-0.1, -0.05) is 24.3 Å². The highest BCUT2D eigenvalue weighted by atomic mass is 16.2. The van der Waals surface area contributed by atoms with E-state index in [4.69, 9.17) is 5.73 Å². The smallest absolute Gasteiger partial charge is 0.258 e. The van der Waals surface area contributed by atoms with E-state index in [-0.39, 0.29) is 11.8 Å². The Morgan fingerprint density at radius 1 is 1.13 bits per heavy atom. The maximum absolute atomic E-state index is 11.3. The summed E-state index contributed by atoms with van der Waals surface area (Å²) in [5.74, 6) is -0.710. The fourth-order valence-corrected chi connectivity index (χ4v) is 1.45. The molecule has 1 aromatic rings. The van der Waals surface area contributed by atoms with E-state index in [0.29, 0.717) is 12.1 Å². The van der Waals surface area contributed by atoms with Gasteiger partial charge in [0.15, 0.2) is 0 Å². The molecule has 0 bridgehead atoms. The molecular formula is C11H10N2O2. The molecule has 1 heterocycles. The molecule has 0 spiro atoms. The van der Waals surface area contributed by atoms with Crippen molar-refractivity contribution >= 4 is 17.4 Å². The van der Waals surface area contributed by atoms with Crippen LogP contribution in [0.2, 0.25) is 0 Å². The molecule has 0 radical (unpaired) electrons. The van der Waals surface area contributed by atoms with Crippen LogP contribution in [0.4, 0.5) is 0 Å². The van der Waals surface area contributed by atoms with Crippen LogP contribution >= 0.6 is 0 Å². The zero-order chi connectivity index (χ0) is 10.8. The van der Waals surface area contributed by atoms with Gasteiger partial charge in [0.25, 0.3) is 11.8 Å². The molecule has 0 unspecified atom stereocenters. The SMILES string of the molecule is NCc1ccc(C2=CC(=O)NC2=O)cc1. The van der Waals surface area contributed by atoms with E-state index in [2.05, 4.69) is 5.32 Å². The fraction of sp³-hybridized carbons (Fsp3) is 0.0909. The summed E-state index contributed by atoms with van der Waals surface area (Å²) in [6.07, 6.45) is 1.31. The van der Waals surface area contributed by atoms with Crippen LogP contribution in [0.3, 0.4) is 0 Å². The molecule has 76 valence electrons. The zero-order valence-electron chi connectivity index (χ0n) is 7.99. The first-order valence-electron chi connectivity index (χ1n) is 4.57. The number of nitrogens with two attached hydrogens (primary N) is 1. The predicted octanol–water partition coefficient (Wildman–Crippen LogP) is 0.185. The van der Waals surface area contributed by atoms with Gasteiger partial charge in [-0.3, -0.25) is 14.9 Å². The van der Waals surface area contributed by atoms with E-state index in [9.17, 15) is 9.59 Å². The van der Waals surface area contributed by atoms with Crippen molar-refractivity contribution in [3.63, 3.8) is 0 Å². The fourth-order valence-electron chi connectivity index (χ4n) is 1.45. The number of hydrogen-bond acceptors (Lipinski definition) is 3. The third-order valence-electron chi connectivity index (χ3n) is 2.26. The molecule has 2 amide bonds. The van der Waals surface area contributed by atoms with Crippen molar-refractivity contribution in [2.45, 2.75) is 6.54 Å². The molecule has 0 saturated heterocycles. The molecule has 4 nitrogen and oxygen atoms in total. The van der Waals surface area contributed by atoms with Crippen LogP contribution in [-0.2, 0) is 16.1 Å². The lowest BCUT2D eigenvalue weighted by Gasteiger charge is -2.01. The lowest BCUT2D eigenvalue weighted by molar-refractivity contribution is -0.123. The average molecular weight is 202 g/mol. The highest BCUT2D eigenvalue weighted by Gasteiger charge is 2.21. The van der Waals surface area contributed by atoms with Crippen LogP contribution in [-0.4, -0.2) is 11.8 Å². The number of nitrogens with one attached hydrogen (secondary N) is 1. The van der Waals surface area contributed by atoms with Crippen LogP contribution in [0.5, 0.6) is 0 Å². The van der Waals surface area contributed by atoms with Crippen LogP contribution in [0, 0.1) is 0 Å². The first kappa shape index (κ1) is 9.61. The third-order valence-corrected chi connectivity index (χ3v) is 2.26. The maximum Gasteiger partial charge on any atom is 0.258 e. The van der Waals surface area contributed by atoms with Gasteiger partial charge in [0, 0.05) is 12.6 Å². The van der Waals surface area contributed by atoms with Gasteiger partial charge >= 0.3 is 0 Å². The molecule has 2 rings (SSSR count). The van der Waals surface area contributed by atoms with Crippen molar-refractivity contribution < 1.29 is 9.59 Å². The number of benzene rings is 1. The quantitative estimate of drug-likeness (QED) is 0.672. The molecule has 1 aliphatic heterocycles. The second kappa shape index (κ2) is 3.67. The summed E-state index contributed by atoms with van der Waals surface area (Å²) in [7, 11) is 0. The summed E-state index contributed by atoms with van der Waals surface area (Å²) in [4.78, 5) is 22.2. The minimum atomic E-state index is -0.363. The lowest BCUT2D eigenvalue weighted by atomic mass is 10.0. The number of imide groups is 1. The van der Waals surface area contributed by atoms with Crippen LogP contribution in [0.25, 0.3) is 5.57 Å². The Kier molecular flexibility index (Phi) is 2.35. The highest BCUT2D eigenvalue weighted by molar-refractivity contribution is 6.33. The van der Waals surface area contributed by atoms with Crippen LogP contribution in [0.15, 0.2) is 30.3 Å². The van der Waals surface area contributed by atoms with Crippen molar-refractivity contribution in [3.05, 3.63) is 41.5 Å². The van der Waals surface area contributed by atoms with E-state index in [1.54, 1.807) is 12.1 Å². The Bertz CT molecular complexity index is 446. The molecule has 0 aliphatic carbocycles. The molecule has 3 N–H and O–H groups in total. The minimum absolute atomic E-state index is 0.347. The highest BCUT2D eigenvalue weighted by Crippen LogP contribution is 2.18. The maximum atomic E-state index is 11.3. The molecule has 0 fully saturated rings. The second-order valence-electron chi connectivity index (χ2n) is 3.28. The topological polar surface area (TPSA) is 72.2 Å². The Morgan fingerprint density at radius 2 is 1.80 bits per heavy atom. The lowest BCUT2D eigenvalue weighted by Crippen LogP contribution is -2.21.